The van der Waals surface area contributed by atoms with Gasteiger partial charge in [0.05, 0.1) is 0 Å². The molecule has 0 spiro atoms. The lowest BCUT2D eigenvalue weighted by Gasteiger charge is -2.39. The van der Waals surface area contributed by atoms with Crippen LogP contribution < -0.4 is 5.73 Å². The van der Waals surface area contributed by atoms with Crippen LogP contribution in [0.5, 0.6) is 0 Å². The molecule has 72 valence electrons. The summed E-state index contributed by atoms with van der Waals surface area (Å²) in [5, 5.41) is 0. The molecule has 2 N–H and O–H groups in total. The molecule has 12 heavy (non-hydrogen) atoms. The molecule has 0 aromatic carbocycles. The maximum absolute atomic E-state index is 5.69. The van der Waals surface area contributed by atoms with Gasteiger partial charge in [-0.25, -0.2) is 0 Å². The molecule has 0 radical (unpaired) electrons. The molecule has 2 heteroatoms. The van der Waals surface area contributed by atoms with Gasteiger partial charge in [-0.2, -0.15) is 0 Å². The van der Waals surface area contributed by atoms with Gasteiger partial charge in [-0.05, 0) is 32.2 Å². The fourth-order valence-electron chi connectivity index (χ4n) is 1.84. The van der Waals surface area contributed by atoms with Gasteiger partial charge in [0.2, 0.25) is 0 Å². The van der Waals surface area contributed by atoms with Crippen LogP contribution in [0, 0.1) is 5.92 Å². The highest BCUT2D eigenvalue weighted by molar-refractivity contribution is 4.79. The van der Waals surface area contributed by atoms with E-state index in [0.29, 0.717) is 6.04 Å². The van der Waals surface area contributed by atoms with Crippen molar-refractivity contribution in [1.82, 2.24) is 4.90 Å². The first-order valence-corrected chi connectivity index (χ1v) is 5.20. The Balaban J connectivity index is 1.95. The Labute approximate surface area is 76.1 Å². The van der Waals surface area contributed by atoms with E-state index in [1.807, 2.05) is 0 Å². The molecule has 1 heterocycles. The normalized spacial score (nSPS) is 22.2. The zero-order valence-corrected chi connectivity index (χ0v) is 8.42. The summed E-state index contributed by atoms with van der Waals surface area (Å²) in [6.07, 6.45) is 3.90. The lowest BCUT2D eigenvalue weighted by atomic mass is 9.95. The minimum absolute atomic E-state index is 0.371. The molecule has 0 bridgehead atoms. The topological polar surface area (TPSA) is 29.3 Å². The molecule has 2 nitrogen and oxygen atoms in total. The maximum Gasteiger partial charge on any atom is 0.00226 e. The van der Waals surface area contributed by atoms with Crippen LogP contribution in [0.15, 0.2) is 0 Å². The zero-order valence-electron chi connectivity index (χ0n) is 8.42. The number of nitrogens with zero attached hydrogens (tertiary/aromatic N) is 1. The quantitative estimate of drug-likeness (QED) is 0.677. The van der Waals surface area contributed by atoms with Crippen molar-refractivity contribution in [3.8, 4) is 0 Å². The predicted molar refractivity (Wildman–Crippen MR) is 53.1 cm³/mol. The van der Waals surface area contributed by atoms with Crippen LogP contribution in [0.2, 0.25) is 0 Å². The van der Waals surface area contributed by atoms with E-state index in [9.17, 15) is 0 Å². The van der Waals surface area contributed by atoms with Gasteiger partial charge in [0.1, 0.15) is 0 Å². The number of hydrogen-bond donors (Lipinski definition) is 1. The van der Waals surface area contributed by atoms with Crippen LogP contribution in [-0.4, -0.2) is 30.6 Å². The summed E-state index contributed by atoms with van der Waals surface area (Å²) in [5.41, 5.74) is 5.69. The maximum atomic E-state index is 5.69. The SMILES string of the molecule is CCCC1CN(CCC(C)N)C1. The van der Waals surface area contributed by atoms with Crippen LogP contribution in [0.1, 0.15) is 33.1 Å². The summed E-state index contributed by atoms with van der Waals surface area (Å²) in [4.78, 5) is 2.52. The lowest BCUT2D eigenvalue weighted by molar-refractivity contribution is 0.0909. The molecule has 1 fully saturated rings. The molecule has 0 aliphatic carbocycles. The van der Waals surface area contributed by atoms with Crippen molar-refractivity contribution >= 4 is 0 Å². The number of likely N-dealkylation sites (tertiary alicyclic amines) is 1. The van der Waals surface area contributed by atoms with Gasteiger partial charge in [-0.3, -0.25) is 0 Å². The Hall–Kier alpha value is -0.0800. The lowest BCUT2D eigenvalue weighted by Crippen LogP contribution is -2.47. The largest absolute Gasteiger partial charge is 0.328 e. The van der Waals surface area contributed by atoms with Crippen LogP contribution in [-0.2, 0) is 0 Å². The van der Waals surface area contributed by atoms with Crippen molar-refractivity contribution in [3.63, 3.8) is 0 Å². The molecule has 1 atom stereocenters. The second-order valence-corrected chi connectivity index (χ2v) is 4.18. The van der Waals surface area contributed by atoms with Crippen LogP contribution in [0.25, 0.3) is 0 Å². The Kier molecular flexibility index (Phi) is 4.02. The average molecular weight is 170 g/mol. The van der Waals surface area contributed by atoms with Gasteiger partial charge in [-0.1, -0.05) is 13.3 Å². The van der Waals surface area contributed by atoms with E-state index >= 15 is 0 Å². The van der Waals surface area contributed by atoms with E-state index < -0.39 is 0 Å². The molecule has 1 aliphatic heterocycles. The molecular weight excluding hydrogens is 148 g/mol. The monoisotopic (exact) mass is 170 g/mol. The Morgan fingerprint density at radius 1 is 1.50 bits per heavy atom. The first-order valence-electron chi connectivity index (χ1n) is 5.20. The third-order valence-corrected chi connectivity index (χ3v) is 2.63. The van der Waals surface area contributed by atoms with Gasteiger partial charge in [0.15, 0.2) is 0 Å². The highest BCUT2D eigenvalue weighted by atomic mass is 15.2. The molecule has 1 saturated heterocycles. The highest BCUT2D eigenvalue weighted by Gasteiger charge is 2.24. The second-order valence-electron chi connectivity index (χ2n) is 4.18. The minimum Gasteiger partial charge on any atom is -0.328 e. The van der Waals surface area contributed by atoms with Gasteiger partial charge in [-0.15, -0.1) is 0 Å². The summed E-state index contributed by atoms with van der Waals surface area (Å²) < 4.78 is 0. The van der Waals surface area contributed by atoms with Crippen LogP contribution in [0.4, 0.5) is 0 Å². The fourth-order valence-corrected chi connectivity index (χ4v) is 1.84. The van der Waals surface area contributed by atoms with Crippen molar-refractivity contribution < 1.29 is 0 Å². The van der Waals surface area contributed by atoms with Crippen molar-refractivity contribution in [2.45, 2.75) is 39.2 Å². The highest BCUT2D eigenvalue weighted by Crippen LogP contribution is 2.20. The van der Waals surface area contributed by atoms with E-state index in [-0.39, 0.29) is 0 Å². The summed E-state index contributed by atoms with van der Waals surface area (Å²) in [7, 11) is 0. The van der Waals surface area contributed by atoms with Crippen molar-refractivity contribution in [1.29, 1.82) is 0 Å². The molecule has 0 saturated carbocycles. The third-order valence-electron chi connectivity index (χ3n) is 2.63. The van der Waals surface area contributed by atoms with E-state index in [0.717, 1.165) is 12.3 Å². The van der Waals surface area contributed by atoms with E-state index in [4.69, 9.17) is 5.73 Å². The third kappa shape index (κ3) is 3.11. The first-order chi connectivity index (χ1) is 5.72. The molecule has 0 aromatic rings. The molecule has 1 unspecified atom stereocenters. The van der Waals surface area contributed by atoms with Gasteiger partial charge in [0, 0.05) is 19.1 Å². The molecule has 1 rings (SSSR count). The second kappa shape index (κ2) is 4.83. The Morgan fingerprint density at radius 3 is 2.67 bits per heavy atom. The molecular formula is C10H22N2. The molecule has 0 aromatic heterocycles. The number of rotatable bonds is 5. The fraction of sp³-hybridized carbons (Fsp3) is 1.00. The summed E-state index contributed by atoms with van der Waals surface area (Å²) in [6.45, 7) is 8.20. The standard InChI is InChI=1S/C10H22N2/c1-3-4-10-7-12(8-10)6-5-9(2)11/h9-10H,3-8,11H2,1-2H3. The van der Waals surface area contributed by atoms with Crippen molar-refractivity contribution in [3.05, 3.63) is 0 Å². The first kappa shape index (κ1) is 10.0. The number of hydrogen-bond acceptors (Lipinski definition) is 2. The smallest absolute Gasteiger partial charge is 0.00226 e. The Morgan fingerprint density at radius 2 is 2.17 bits per heavy atom. The summed E-state index contributed by atoms with van der Waals surface area (Å²) in [6, 6.07) is 0.371. The van der Waals surface area contributed by atoms with Crippen LogP contribution >= 0.6 is 0 Å². The molecule has 0 amide bonds. The van der Waals surface area contributed by atoms with Gasteiger partial charge >= 0.3 is 0 Å². The van der Waals surface area contributed by atoms with Crippen molar-refractivity contribution in [2.75, 3.05) is 19.6 Å². The van der Waals surface area contributed by atoms with E-state index in [2.05, 4.69) is 18.7 Å². The van der Waals surface area contributed by atoms with E-state index in [1.54, 1.807) is 0 Å². The van der Waals surface area contributed by atoms with E-state index in [1.165, 1.54) is 32.5 Å². The zero-order chi connectivity index (χ0) is 8.97. The molecule has 1 aliphatic rings. The van der Waals surface area contributed by atoms with Crippen LogP contribution in [0.3, 0.4) is 0 Å². The van der Waals surface area contributed by atoms with Gasteiger partial charge < -0.3 is 10.6 Å². The van der Waals surface area contributed by atoms with Crippen molar-refractivity contribution in [2.24, 2.45) is 11.7 Å². The average Bonchev–Trinajstić information content (AvgIpc) is 1.93. The predicted octanol–water partition coefficient (Wildman–Crippen LogP) is 1.46. The summed E-state index contributed by atoms with van der Waals surface area (Å²) in [5.74, 6) is 0.989. The Bertz CT molecular complexity index is 117. The summed E-state index contributed by atoms with van der Waals surface area (Å²) >= 11 is 0. The minimum atomic E-state index is 0.371. The van der Waals surface area contributed by atoms with Gasteiger partial charge in [0.25, 0.3) is 0 Å². The number of nitrogens with two attached hydrogens (primary N) is 1.